The lowest BCUT2D eigenvalue weighted by molar-refractivity contribution is 0.0685. The molecule has 1 fully saturated rings. The number of hydrogen-bond donors (Lipinski definition) is 0. The molecule has 1 saturated heterocycles. The molecule has 0 spiro atoms. The first-order valence-electron chi connectivity index (χ1n) is 8.18. The average molecular weight is 331 g/mol. The number of carbonyl (C=O) groups is 2. The highest BCUT2D eigenvalue weighted by molar-refractivity contribution is 5.93. The molecule has 7 heteroatoms. The van der Waals surface area contributed by atoms with Gasteiger partial charge < -0.3 is 18.6 Å². The van der Waals surface area contributed by atoms with Crippen LogP contribution in [-0.2, 0) is 6.42 Å². The zero-order chi connectivity index (χ0) is 17.1. The van der Waals surface area contributed by atoms with E-state index in [4.69, 9.17) is 8.83 Å². The fraction of sp³-hybridized carbons (Fsp3) is 0.471. The van der Waals surface area contributed by atoms with E-state index in [-0.39, 0.29) is 11.8 Å². The molecular formula is C17H21N3O4. The van der Waals surface area contributed by atoms with Crippen molar-refractivity contribution in [2.45, 2.75) is 26.7 Å². The van der Waals surface area contributed by atoms with E-state index in [1.165, 1.54) is 6.26 Å². The van der Waals surface area contributed by atoms with Crippen molar-refractivity contribution in [3.05, 3.63) is 41.5 Å². The van der Waals surface area contributed by atoms with Crippen molar-refractivity contribution in [1.29, 1.82) is 0 Å². The summed E-state index contributed by atoms with van der Waals surface area (Å²) in [6.45, 7) is 5.83. The molecule has 128 valence electrons. The molecule has 7 nitrogen and oxygen atoms in total. The first kappa shape index (κ1) is 16.3. The molecule has 0 atom stereocenters. The topological polar surface area (TPSA) is 79.8 Å². The van der Waals surface area contributed by atoms with Gasteiger partial charge in [-0.2, -0.15) is 0 Å². The molecule has 3 rings (SSSR count). The van der Waals surface area contributed by atoms with Crippen LogP contribution < -0.4 is 0 Å². The Morgan fingerprint density at radius 3 is 2.46 bits per heavy atom. The van der Waals surface area contributed by atoms with Crippen molar-refractivity contribution >= 4 is 11.8 Å². The number of oxazole rings is 1. The lowest BCUT2D eigenvalue weighted by Gasteiger charge is -2.21. The van der Waals surface area contributed by atoms with Gasteiger partial charge in [-0.3, -0.25) is 9.59 Å². The number of carbonyl (C=O) groups excluding carboxylic acids is 2. The number of hydrogen-bond acceptors (Lipinski definition) is 5. The normalized spacial score (nSPS) is 15.4. The molecule has 2 amide bonds. The van der Waals surface area contributed by atoms with Crippen LogP contribution in [0.25, 0.3) is 0 Å². The molecule has 1 aliphatic rings. The summed E-state index contributed by atoms with van der Waals surface area (Å²) < 4.78 is 10.7. The number of aromatic nitrogens is 1. The largest absolute Gasteiger partial charge is 0.459 e. The minimum Gasteiger partial charge on any atom is -0.459 e. The van der Waals surface area contributed by atoms with Crippen LogP contribution in [0.4, 0.5) is 0 Å². The summed E-state index contributed by atoms with van der Waals surface area (Å²) in [7, 11) is 0. The van der Waals surface area contributed by atoms with Crippen LogP contribution in [0.2, 0.25) is 0 Å². The Morgan fingerprint density at radius 1 is 1.17 bits per heavy atom. The fourth-order valence-electron chi connectivity index (χ4n) is 2.83. The van der Waals surface area contributed by atoms with Crippen LogP contribution in [-0.4, -0.2) is 52.8 Å². The van der Waals surface area contributed by atoms with Gasteiger partial charge in [-0.25, -0.2) is 4.98 Å². The Morgan fingerprint density at radius 2 is 1.88 bits per heavy atom. The monoisotopic (exact) mass is 331 g/mol. The van der Waals surface area contributed by atoms with E-state index >= 15 is 0 Å². The van der Waals surface area contributed by atoms with E-state index in [0.717, 1.165) is 0 Å². The number of amides is 2. The maximum atomic E-state index is 12.7. The summed E-state index contributed by atoms with van der Waals surface area (Å²) in [6, 6.07) is 3.35. The van der Waals surface area contributed by atoms with Gasteiger partial charge in [-0.1, -0.05) is 6.92 Å². The summed E-state index contributed by atoms with van der Waals surface area (Å²) >= 11 is 0. The van der Waals surface area contributed by atoms with Crippen molar-refractivity contribution in [1.82, 2.24) is 14.8 Å². The molecule has 24 heavy (non-hydrogen) atoms. The highest BCUT2D eigenvalue weighted by Crippen LogP contribution is 2.16. The quantitative estimate of drug-likeness (QED) is 0.861. The zero-order valence-electron chi connectivity index (χ0n) is 13.9. The molecule has 0 aromatic carbocycles. The number of furan rings is 1. The third-order valence-electron chi connectivity index (χ3n) is 4.14. The van der Waals surface area contributed by atoms with Gasteiger partial charge in [0.15, 0.2) is 11.7 Å². The van der Waals surface area contributed by atoms with E-state index in [1.54, 1.807) is 28.9 Å². The second kappa shape index (κ2) is 6.90. The van der Waals surface area contributed by atoms with Gasteiger partial charge in [0.2, 0.25) is 5.76 Å². The summed E-state index contributed by atoms with van der Waals surface area (Å²) in [6.07, 6.45) is 2.85. The third-order valence-corrected chi connectivity index (χ3v) is 4.14. The number of aryl methyl sites for hydroxylation is 2. The van der Waals surface area contributed by atoms with Gasteiger partial charge in [-0.05, 0) is 25.5 Å². The van der Waals surface area contributed by atoms with E-state index in [9.17, 15) is 9.59 Å². The summed E-state index contributed by atoms with van der Waals surface area (Å²) in [5.74, 6) is 0.900. The first-order valence-corrected chi connectivity index (χ1v) is 8.18. The smallest absolute Gasteiger partial charge is 0.291 e. The molecule has 0 radical (unpaired) electrons. The third kappa shape index (κ3) is 3.20. The Kier molecular flexibility index (Phi) is 4.69. The first-order chi connectivity index (χ1) is 11.6. The Hall–Kier alpha value is -2.57. The maximum Gasteiger partial charge on any atom is 0.291 e. The lowest BCUT2D eigenvalue weighted by Crippen LogP contribution is -2.37. The minimum absolute atomic E-state index is 0.140. The summed E-state index contributed by atoms with van der Waals surface area (Å²) in [4.78, 5) is 32.7. The molecule has 0 saturated carbocycles. The van der Waals surface area contributed by atoms with Gasteiger partial charge in [0, 0.05) is 32.6 Å². The number of rotatable bonds is 3. The average Bonchev–Trinajstić information content (AvgIpc) is 3.17. The van der Waals surface area contributed by atoms with Gasteiger partial charge in [0.1, 0.15) is 0 Å². The van der Waals surface area contributed by atoms with Crippen LogP contribution in [0.3, 0.4) is 0 Å². The summed E-state index contributed by atoms with van der Waals surface area (Å²) in [5, 5.41) is 0. The Balaban J connectivity index is 1.67. The zero-order valence-corrected chi connectivity index (χ0v) is 13.9. The highest BCUT2D eigenvalue weighted by Gasteiger charge is 2.27. The lowest BCUT2D eigenvalue weighted by atomic mass is 10.3. The van der Waals surface area contributed by atoms with Gasteiger partial charge >= 0.3 is 0 Å². The second-order valence-corrected chi connectivity index (χ2v) is 5.79. The highest BCUT2D eigenvalue weighted by atomic mass is 16.4. The van der Waals surface area contributed by atoms with E-state index in [1.807, 2.05) is 6.92 Å². The van der Waals surface area contributed by atoms with Crippen molar-refractivity contribution in [2.24, 2.45) is 0 Å². The number of nitrogens with zero attached hydrogens (tertiary/aromatic N) is 3. The van der Waals surface area contributed by atoms with Crippen LogP contribution in [0, 0.1) is 6.92 Å². The molecule has 0 bridgehead atoms. The molecule has 0 aliphatic carbocycles. The van der Waals surface area contributed by atoms with Crippen LogP contribution in [0.1, 0.15) is 46.0 Å². The van der Waals surface area contributed by atoms with Crippen molar-refractivity contribution in [3.8, 4) is 0 Å². The summed E-state index contributed by atoms with van der Waals surface area (Å²) in [5.41, 5.74) is 0.615. The molecule has 0 unspecified atom stereocenters. The standard InChI is InChI=1S/C17H21N3O4/c1-3-14-18-12(2)15(24-14)17(22)20-8-5-7-19(9-10-20)16(21)13-6-4-11-23-13/h4,6,11H,3,5,7-10H2,1-2H3. The Labute approximate surface area is 140 Å². The van der Waals surface area contributed by atoms with Crippen molar-refractivity contribution < 1.29 is 18.4 Å². The fourth-order valence-corrected chi connectivity index (χ4v) is 2.83. The Bertz CT molecular complexity index is 720. The van der Waals surface area contributed by atoms with E-state index in [2.05, 4.69) is 4.98 Å². The predicted octanol–water partition coefficient (Wildman–Crippen LogP) is 2.13. The molecule has 3 heterocycles. The minimum atomic E-state index is -0.160. The van der Waals surface area contributed by atoms with Crippen LogP contribution in [0.15, 0.2) is 27.2 Å². The molecular weight excluding hydrogens is 310 g/mol. The second-order valence-electron chi connectivity index (χ2n) is 5.79. The molecule has 0 N–H and O–H groups in total. The van der Waals surface area contributed by atoms with Gasteiger partial charge in [-0.15, -0.1) is 0 Å². The molecule has 1 aliphatic heterocycles. The van der Waals surface area contributed by atoms with Gasteiger partial charge in [0.05, 0.1) is 12.0 Å². The van der Waals surface area contributed by atoms with Crippen molar-refractivity contribution in [2.75, 3.05) is 26.2 Å². The van der Waals surface area contributed by atoms with Crippen molar-refractivity contribution in [3.63, 3.8) is 0 Å². The maximum absolute atomic E-state index is 12.7. The van der Waals surface area contributed by atoms with E-state index < -0.39 is 0 Å². The predicted molar refractivity (Wildman–Crippen MR) is 85.8 cm³/mol. The molecule has 2 aromatic heterocycles. The van der Waals surface area contributed by atoms with E-state index in [0.29, 0.717) is 62.1 Å². The van der Waals surface area contributed by atoms with Gasteiger partial charge in [0.25, 0.3) is 11.8 Å². The SMILES string of the molecule is CCc1nc(C)c(C(=O)N2CCCN(C(=O)c3ccco3)CC2)o1. The molecule has 2 aromatic rings. The van der Waals surface area contributed by atoms with Crippen LogP contribution >= 0.6 is 0 Å². The van der Waals surface area contributed by atoms with Crippen LogP contribution in [0.5, 0.6) is 0 Å².